The number of carboxylic acids is 1. The van der Waals surface area contributed by atoms with E-state index in [4.69, 9.17) is 15.2 Å². The first kappa shape index (κ1) is 37.4. The van der Waals surface area contributed by atoms with Crippen molar-refractivity contribution in [3.8, 4) is 0 Å². The van der Waals surface area contributed by atoms with Crippen molar-refractivity contribution in [2.24, 2.45) is 0 Å². The van der Waals surface area contributed by atoms with E-state index < -0.39 is 69.8 Å². The van der Waals surface area contributed by atoms with Gasteiger partial charge < -0.3 is 30.9 Å². The highest BCUT2D eigenvalue weighted by molar-refractivity contribution is 7.91. The van der Waals surface area contributed by atoms with E-state index in [0.29, 0.717) is 15.9 Å². The van der Waals surface area contributed by atoms with Crippen molar-refractivity contribution in [1.82, 2.24) is 10.0 Å². The van der Waals surface area contributed by atoms with Crippen LogP contribution in [0.1, 0.15) is 52.7 Å². The molecule has 0 spiro atoms. The highest BCUT2D eigenvalue weighted by Gasteiger charge is 2.32. The van der Waals surface area contributed by atoms with Gasteiger partial charge in [-0.25, -0.2) is 18.6 Å². The molecular weight excluding hydrogens is 639 g/mol. The van der Waals surface area contributed by atoms with E-state index in [0.717, 1.165) is 12.1 Å². The van der Waals surface area contributed by atoms with Gasteiger partial charge in [0, 0.05) is 6.42 Å². The zero-order chi connectivity index (χ0) is 35.3. The van der Waals surface area contributed by atoms with Crippen LogP contribution in [0.5, 0.6) is 0 Å². The summed E-state index contributed by atoms with van der Waals surface area (Å²) in [7, 11) is -4.78. The molecule has 0 saturated carbocycles. The summed E-state index contributed by atoms with van der Waals surface area (Å²) < 4.78 is 77.7. The van der Waals surface area contributed by atoms with Crippen LogP contribution in [-0.4, -0.2) is 61.4 Å². The number of carbonyl (C=O) groups is 4. The Bertz CT molecular complexity index is 1550. The number of hydrogen-bond acceptors (Lipinski definition) is 9. The molecule has 0 fully saturated rings. The molecule has 46 heavy (non-hydrogen) atoms. The Kier molecular flexibility index (Phi) is 11.5. The summed E-state index contributed by atoms with van der Waals surface area (Å²) in [5, 5.41) is 13.9. The van der Waals surface area contributed by atoms with Crippen LogP contribution in [-0.2, 0) is 41.9 Å². The van der Waals surface area contributed by atoms with E-state index >= 15 is 0 Å². The Hall–Kier alpha value is -4.74. The smallest absolute Gasteiger partial charge is 0.422 e. The van der Waals surface area contributed by atoms with Gasteiger partial charge in [-0.05, 0) is 77.4 Å². The van der Waals surface area contributed by atoms with E-state index in [2.05, 4.69) is 10.6 Å². The Balaban J connectivity index is 2.39. The van der Waals surface area contributed by atoms with Gasteiger partial charge in [0.1, 0.15) is 23.8 Å². The second-order valence-electron chi connectivity index (χ2n) is 11.9. The van der Waals surface area contributed by atoms with Crippen LogP contribution in [0.2, 0.25) is 0 Å². The largest absolute Gasteiger partial charge is 0.480 e. The first-order chi connectivity index (χ1) is 20.9. The van der Waals surface area contributed by atoms with Crippen molar-refractivity contribution in [1.29, 1.82) is 0 Å². The molecule has 0 radical (unpaired) electrons. The van der Waals surface area contributed by atoms with Crippen molar-refractivity contribution < 1.29 is 55.3 Å². The molecule has 2 rings (SSSR count). The van der Waals surface area contributed by atoms with E-state index in [-0.39, 0.29) is 23.5 Å². The zero-order valence-corrected chi connectivity index (χ0v) is 26.6. The molecule has 0 aliphatic heterocycles. The number of anilines is 3. The fourth-order valence-corrected chi connectivity index (χ4v) is 4.69. The fraction of sp³-hybridized carbons (Fsp3) is 0.429. The maximum Gasteiger partial charge on any atom is 0.422 e. The monoisotopic (exact) mass is 675 g/mol. The van der Waals surface area contributed by atoms with Crippen LogP contribution in [0.25, 0.3) is 0 Å². The van der Waals surface area contributed by atoms with Crippen LogP contribution in [0.4, 0.5) is 39.8 Å². The summed E-state index contributed by atoms with van der Waals surface area (Å²) >= 11 is 0. The van der Waals surface area contributed by atoms with E-state index in [9.17, 15) is 45.9 Å². The van der Waals surface area contributed by atoms with Gasteiger partial charge in [-0.3, -0.25) is 9.59 Å². The van der Waals surface area contributed by atoms with Crippen LogP contribution in [0.3, 0.4) is 0 Å². The van der Waals surface area contributed by atoms with Crippen molar-refractivity contribution in [3.05, 3.63) is 53.6 Å². The second kappa shape index (κ2) is 14.1. The highest BCUT2D eigenvalue weighted by atomic mass is 32.2. The van der Waals surface area contributed by atoms with Crippen molar-refractivity contribution >= 4 is 51.3 Å². The number of nitrogens with two attached hydrogens (primary N) is 1. The number of ether oxygens (including phenoxy) is 2. The van der Waals surface area contributed by atoms with Gasteiger partial charge in [0.05, 0.1) is 22.6 Å². The molecule has 6 N–H and O–H groups in total. The van der Waals surface area contributed by atoms with Crippen molar-refractivity contribution in [2.45, 2.75) is 71.4 Å². The third-order valence-electron chi connectivity index (χ3n) is 5.49. The van der Waals surface area contributed by atoms with Crippen molar-refractivity contribution in [3.63, 3.8) is 0 Å². The zero-order valence-electron chi connectivity index (χ0n) is 25.8. The van der Waals surface area contributed by atoms with Crippen LogP contribution >= 0.6 is 0 Å². The van der Waals surface area contributed by atoms with E-state index in [1.165, 1.54) is 45.0 Å². The average molecular weight is 676 g/mol. The maximum absolute atomic E-state index is 13.2. The molecule has 0 aliphatic carbocycles. The van der Waals surface area contributed by atoms with E-state index in [1.54, 1.807) is 25.5 Å². The number of nitrogens with zero attached hydrogens (tertiary/aromatic N) is 1. The number of alkyl carbamates (subject to hydrolysis) is 1. The molecule has 3 amide bonds. The summed E-state index contributed by atoms with van der Waals surface area (Å²) in [5.41, 5.74) is 2.23. The van der Waals surface area contributed by atoms with Gasteiger partial charge in [0.2, 0.25) is 5.91 Å². The van der Waals surface area contributed by atoms with Gasteiger partial charge in [-0.1, -0.05) is 12.1 Å². The summed E-state index contributed by atoms with van der Waals surface area (Å²) in [6, 6.07) is 5.87. The fourth-order valence-electron chi connectivity index (χ4n) is 3.65. The quantitative estimate of drug-likeness (QED) is 0.229. The molecule has 0 saturated heterocycles. The summed E-state index contributed by atoms with van der Waals surface area (Å²) in [6.07, 6.45) is -7.38. The van der Waals surface area contributed by atoms with Gasteiger partial charge in [-0.2, -0.15) is 21.6 Å². The lowest BCUT2D eigenvalue weighted by molar-refractivity contribution is -0.137. The van der Waals surface area contributed by atoms with Gasteiger partial charge in [0.25, 0.3) is 0 Å². The van der Waals surface area contributed by atoms with E-state index in [1.807, 2.05) is 0 Å². The van der Waals surface area contributed by atoms with Gasteiger partial charge in [-0.15, -0.1) is 0 Å². The Morgan fingerprint density at radius 2 is 1.46 bits per heavy atom. The number of nitrogen functional groups attached to an aromatic ring is 1. The van der Waals surface area contributed by atoms with Gasteiger partial charge >= 0.3 is 34.5 Å². The first-order valence-corrected chi connectivity index (χ1v) is 14.9. The molecule has 0 aromatic heterocycles. The molecule has 14 nitrogen and oxygen atoms in total. The average Bonchev–Trinajstić information content (AvgIpc) is 2.85. The number of halogens is 3. The molecule has 0 bridgehead atoms. The minimum Gasteiger partial charge on any atom is -0.480 e. The molecule has 0 aliphatic rings. The number of aliphatic carboxylic acids is 1. The molecule has 2 aromatic carbocycles. The second-order valence-corrected chi connectivity index (χ2v) is 13.5. The maximum atomic E-state index is 13.2. The lowest BCUT2D eigenvalue weighted by Gasteiger charge is -2.25. The first-order valence-electron chi connectivity index (χ1n) is 13.5. The lowest BCUT2D eigenvalue weighted by atomic mass is 10.0. The molecule has 0 unspecified atom stereocenters. The summed E-state index contributed by atoms with van der Waals surface area (Å²) in [6.45, 7) is 8.10. The molecule has 254 valence electrons. The molecule has 2 aromatic rings. The Labute approximate surface area is 263 Å². The van der Waals surface area contributed by atoms with Gasteiger partial charge in [0.15, 0.2) is 0 Å². The topological polar surface area (TPSA) is 206 Å². The predicted octanol–water partition coefficient (Wildman–Crippen LogP) is 4.02. The number of rotatable bonds is 10. The van der Waals surface area contributed by atoms with Crippen LogP contribution < -0.4 is 25.4 Å². The number of amides is 3. The number of benzene rings is 2. The highest BCUT2D eigenvalue weighted by Crippen LogP contribution is 2.33. The Morgan fingerprint density at radius 1 is 0.913 bits per heavy atom. The number of carboxylic acid groups (broad SMARTS) is 1. The SMILES string of the molecule is CC(C)(C)OC(=O)N[C@@H](Cc1ccc(N(CC(=O)O)S(=O)(=O)NC(=O)OC(C)(C)C)cc1)C(=O)Nc1cc(C(F)(F)F)ccc1N. The summed E-state index contributed by atoms with van der Waals surface area (Å²) in [5.74, 6) is -2.51. The standard InChI is InChI=1S/C28H36F3N5O9S/c1-26(2,3)44-24(40)34-21(23(39)33-20-14-17(28(29,30)31)9-12-19(20)32)13-16-7-10-18(11-8-16)36(15-22(37)38)46(42,43)35-25(41)45-27(4,5)6/h7-12,14,21H,13,15,32H2,1-6H3,(H,33,39)(H,34,40)(H,35,41)(H,37,38)/t21-/m0/s1. The molecule has 1 atom stereocenters. The number of nitrogens with one attached hydrogen (secondary N) is 3. The molecule has 18 heteroatoms. The number of alkyl halides is 3. The molecule has 0 heterocycles. The normalized spacial score (nSPS) is 12.8. The lowest BCUT2D eigenvalue weighted by Crippen LogP contribution is -2.47. The molecular formula is C28H36F3N5O9S. The minimum atomic E-state index is -4.78. The minimum absolute atomic E-state index is 0.179. The number of hydrogen-bond donors (Lipinski definition) is 5. The third kappa shape index (κ3) is 12.0. The summed E-state index contributed by atoms with van der Waals surface area (Å²) in [4.78, 5) is 49.3. The van der Waals surface area contributed by atoms with Crippen LogP contribution in [0, 0.1) is 0 Å². The Morgan fingerprint density at radius 3 is 1.96 bits per heavy atom. The predicted molar refractivity (Wildman–Crippen MR) is 161 cm³/mol. The van der Waals surface area contributed by atoms with Crippen molar-refractivity contribution in [2.75, 3.05) is 21.9 Å². The third-order valence-corrected chi connectivity index (χ3v) is 6.84. The van der Waals surface area contributed by atoms with Crippen LogP contribution in [0.15, 0.2) is 42.5 Å². The number of carbonyl (C=O) groups excluding carboxylic acids is 3.